The van der Waals surface area contributed by atoms with E-state index in [0.29, 0.717) is 16.8 Å². The summed E-state index contributed by atoms with van der Waals surface area (Å²) in [6.45, 7) is 2.85. The van der Waals surface area contributed by atoms with Gasteiger partial charge in [0.25, 0.3) is 5.91 Å². The van der Waals surface area contributed by atoms with E-state index in [1.54, 1.807) is 55.5 Å². The van der Waals surface area contributed by atoms with E-state index in [1.165, 1.54) is 31.3 Å². The fraction of sp³-hybridized carbons (Fsp3) is 0.111. The SMILES string of the molecule is CC(=O)c1c[nH]c2ccc(NC(=O)[C@H](C)NC(=O)c3ccc(-c4ccc(F)cc4)cc3)cc2c1=O. The predicted molar refractivity (Wildman–Crippen MR) is 132 cm³/mol. The van der Waals surface area contributed by atoms with Gasteiger partial charge in [0.2, 0.25) is 5.91 Å². The first-order chi connectivity index (χ1) is 16.7. The molecule has 4 aromatic rings. The molecular weight excluding hydrogens is 449 g/mol. The van der Waals surface area contributed by atoms with Gasteiger partial charge in [-0.25, -0.2) is 4.39 Å². The number of pyridine rings is 1. The summed E-state index contributed by atoms with van der Waals surface area (Å²) in [6.07, 6.45) is 1.37. The first kappa shape index (κ1) is 23.6. The molecule has 1 atom stereocenters. The Balaban J connectivity index is 1.43. The van der Waals surface area contributed by atoms with Crippen LogP contribution in [0.25, 0.3) is 22.0 Å². The van der Waals surface area contributed by atoms with E-state index in [4.69, 9.17) is 0 Å². The van der Waals surface area contributed by atoms with Gasteiger partial charge in [-0.05, 0) is 67.4 Å². The van der Waals surface area contributed by atoms with Crippen LogP contribution in [0.3, 0.4) is 0 Å². The summed E-state index contributed by atoms with van der Waals surface area (Å²) >= 11 is 0. The zero-order chi connectivity index (χ0) is 25.1. The molecule has 8 heteroatoms. The van der Waals surface area contributed by atoms with E-state index in [-0.39, 0.29) is 22.6 Å². The molecule has 0 unspecified atom stereocenters. The summed E-state index contributed by atoms with van der Waals surface area (Å²) < 4.78 is 13.1. The van der Waals surface area contributed by atoms with Crippen LogP contribution in [0.4, 0.5) is 10.1 Å². The number of aromatic nitrogens is 1. The third-order valence-electron chi connectivity index (χ3n) is 5.59. The Hall–Kier alpha value is -4.59. The quantitative estimate of drug-likeness (QED) is 0.365. The van der Waals surface area contributed by atoms with Gasteiger partial charge in [-0.1, -0.05) is 24.3 Å². The van der Waals surface area contributed by atoms with Crippen molar-refractivity contribution in [3.63, 3.8) is 0 Å². The predicted octanol–water partition coefficient (Wildman–Crippen LogP) is 4.29. The topological polar surface area (TPSA) is 108 Å². The highest BCUT2D eigenvalue weighted by molar-refractivity contribution is 6.02. The lowest BCUT2D eigenvalue weighted by molar-refractivity contribution is -0.117. The summed E-state index contributed by atoms with van der Waals surface area (Å²) in [5.74, 6) is -1.59. The van der Waals surface area contributed by atoms with Gasteiger partial charge < -0.3 is 15.6 Å². The third-order valence-corrected chi connectivity index (χ3v) is 5.59. The molecule has 2 amide bonds. The summed E-state index contributed by atoms with van der Waals surface area (Å²) in [5, 5.41) is 5.59. The molecule has 0 radical (unpaired) electrons. The van der Waals surface area contributed by atoms with Crippen molar-refractivity contribution in [1.29, 1.82) is 0 Å². The van der Waals surface area contributed by atoms with Gasteiger partial charge in [0.05, 0.1) is 5.56 Å². The number of aromatic amines is 1. The monoisotopic (exact) mass is 471 g/mol. The Morgan fingerprint density at radius 3 is 2.17 bits per heavy atom. The molecule has 3 aromatic carbocycles. The number of fused-ring (bicyclic) bond motifs is 1. The van der Waals surface area contributed by atoms with Crippen molar-refractivity contribution >= 4 is 34.2 Å². The van der Waals surface area contributed by atoms with Gasteiger partial charge in [0, 0.05) is 28.4 Å². The van der Waals surface area contributed by atoms with Crippen molar-refractivity contribution in [3.8, 4) is 11.1 Å². The van der Waals surface area contributed by atoms with Crippen LogP contribution in [0.1, 0.15) is 34.6 Å². The number of hydrogen-bond acceptors (Lipinski definition) is 4. The van der Waals surface area contributed by atoms with Crippen LogP contribution in [0.2, 0.25) is 0 Å². The Bertz CT molecular complexity index is 1490. The number of ketones is 1. The number of hydrogen-bond donors (Lipinski definition) is 3. The molecule has 1 aromatic heterocycles. The highest BCUT2D eigenvalue weighted by Crippen LogP contribution is 2.20. The maximum absolute atomic E-state index is 13.1. The average Bonchev–Trinajstić information content (AvgIpc) is 2.85. The van der Waals surface area contributed by atoms with Crippen LogP contribution in [0, 0.1) is 5.82 Å². The molecule has 4 rings (SSSR count). The average molecular weight is 471 g/mol. The van der Waals surface area contributed by atoms with Crippen LogP contribution in [-0.4, -0.2) is 28.6 Å². The zero-order valence-corrected chi connectivity index (χ0v) is 19.0. The largest absolute Gasteiger partial charge is 0.360 e. The van der Waals surface area contributed by atoms with E-state index >= 15 is 0 Å². The highest BCUT2D eigenvalue weighted by atomic mass is 19.1. The number of carbonyl (C=O) groups excluding carboxylic acids is 3. The van der Waals surface area contributed by atoms with Gasteiger partial charge in [-0.15, -0.1) is 0 Å². The molecule has 0 aliphatic rings. The minimum Gasteiger partial charge on any atom is -0.360 e. The molecule has 176 valence electrons. The molecule has 0 fully saturated rings. The molecule has 3 N–H and O–H groups in total. The normalized spacial score (nSPS) is 11.6. The summed E-state index contributed by atoms with van der Waals surface area (Å²) in [5.41, 5.74) is 2.51. The van der Waals surface area contributed by atoms with Gasteiger partial charge in [-0.3, -0.25) is 19.2 Å². The van der Waals surface area contributed by atoms with Crippen LogP contribution in [0.15, 0.2) is 77.7 Å². The zero-order valence-electron chi connectivity index (χ0n) is 19.0. The second-order valence-electron chi connectivity index (χ2n) is 8.12. The number of benzene rings is 3. The second kappa shape index (κ2) is 9.72. The number of H-pyrrole nitrogens is 1. The number of nitrogens with one attached hydrogen (secondary N) is 3. The Morgan fingerprint density at radius 1 is 0.914 bits per heavy atom. The lowest BCUT2D eigenvalue weighted by Crippen LogP contribution is -2.41. The van der Waals surface area contributed by atoms with Crippen LogP contribution < -0.4 is 16.1 Å². The summed E-state index contributed by atoms with van der Waals surface area (Å²) in [4.78, 5) is 52.3. The molecule has 0 saturated heterocycles. The number of anilines is 1. The molecular formula is C27H22FN3O4. The Kier molecular flexibility index (Phi) is 6.55. The number of rotatable bonds is 6. The maximum Gasteiger partial charge on any atom is 0.251 e. The van der Waals surface area contributed by atoms with Gasteiger partial charge >= 0.3 is 0 Å². The van der Waals surface area contributed by atoms with Crippen LogP contribution >= 0.6 is 0 Å². The lowest BCUT2D eigenvalue weighted by Gasteiger charge is -2.15. The van der Waals surface area contributed by atoms with Crippen molar-refractivity contribution in [2.75, 3.05) is 5.32 Å². The minimum absolute atomic E-state index is 0.0343. The number of amides is 2. The Labute approximate surface area is 200 Å². The van der Waals surface area contributed by atoms with Crippen LogP contribution in [-0.2, 0) is 4.79 Å². The summed E-state index contributed by atoms with van der Waals surface area (Å²) in [6, 6.07) is 16.6. The fourth-order valence-electron chi connectivity index (χ4n) is 3.61. The molecule has 0 bridgehead atoms. The van der Waals surface area contributed by atoms with Crippen molar-refractivity contribution in [1.82, 2.24) is 10.3 Å². The smallest absolute Gasteiger partial charge is 0.251 e. The van der Waals surface area contributed by atoms with E-state index in [1.807, 2.05) is 0 Å². The maximum atomic E-state index is 13.1. The highest BCUT2D eigenvalue weighted by Gasteiger charge is 2.18. The van der Waals surface area contributed by atoms with Crippen molar-refractivity contribution in [2.45, 2.75) is 19.9 Å². The van der Waals surface area contributed by atoms with Crippen molar-refractivity contribution in [3.05, 3.63) is 100 Å². The van der Waals surface area contributed by atoms with Crippen LogP contribution in [0.5, 0.6) is 0 Å². The van der Waals surface area contributed by atoms with Gasteiger partial charge in [0.1, 0.15) is 11.9 Å². The van der Waals surface area contributed by atoms with E-state index in [0.717, 1.165) is 11.1 Å². The third kappa shape index (κ3) is 5.16. The standard InChI is InChI=1S/C27H22FN3O4/c1-15(30-27(35)19-5-3-17(4-6-19)18-7-9-20(28)10-8-18)26(34)31-21-11-12-24-22(13-21)25(33)23(14-29-24)16(2)32/h3-15H,1-2H3,(H,29,33)(H,30,35)(H,31,34)/t15-/m0/s1. The molecule has 35 heavy (non-hydrogen) atoms. The molecule has 0 aliphatic heterocycles. The van der Waals surface area contributed by atoms with Gasteiger partial charge in [0.15, 0.2) is 11.2 Å². The number of carbonyl (C=O) groups is 3. The van der Waals surface area contributed by atoms with E-state index < -0.39 is 23.3 Å². The van der Waals surface area contributed by atoms with Gasteiger partial charge in [-0.2, -0.15) is 0 Å². The second-order valence-corrected chi connectivity index (χ2v) is 8.12. The summed E-state index contributed by atoms with van der Waals surface area (Å²) in [7, 11) is 0. The lowest BCUT2D eigenvalue weighted by atomic mass is 10.0. The molecule has 1 heterocycles. The molecule has 0 saturated carbocycles. The fourth-order valence-corrected chi connectivity index (χ4v) is 3.61. The van der Waals surface area contributed by atoms with E-state index in [9.17, 15) is 23.6 Å². The molecule has 0 aliphatic carbocycles. The number of halogens is 1. The minimum atomic E-state index is -0.864. The first-order valence-corrected chi connectivity index (χ1v) is 10.9. The Morgan fingerprint density at radius 2 is 1.54 bits per heavy atom. The molecule has 0 spiro atoms. The van der Waals surface area contributed by atoms with E-state index in [2.05, 4.69) is 15.6 Å². The van der Waals surface area contributed by atoms with Crippen molar-refractivity contribution in [2.24, 2.45) is 0 Å². The number of Topliss-reactive ketones (excluding diaryl/α,β-unsaturated/α-hetero) is 1. The first-order valence-electron chi connectivity index (χ1n) is 10.9. The van der Waals surface area contributed by atoms with Crippen molar-refractivity contribution < 1.29 is 18.8 Å². The molecule has 7 nitrogen and oxygen atoms in total.